The molecular weight excluding hydrogens is 212 g/mol. The number of carbonyl (C=O) groups is 1. The van der Waals surface area contributed by atoms with Gasteiger partial charge in [0.05, 0.1) is 12.2 Å². The molecule has 0 radical (unpaired) electrons. The standard InChI is InChI=1S/C15H22O2/c16-15-12-8-4-5-9-14(12)17-10-13(15)11-6-2-1-3-7-11/h10-12,14H,1-9H2. The predicted octanol–water partition coefficient (Wildman–Crippen LogP) is 3.61. The summed E-state index contributed by atoms with van der Waals surface area (Å²) >= 11 is 0. The van der Waals surface area contributed by atoms with E-state index in [2.05, 4.69) is 0 Å². The molecule has 2 fully saturated rings. The van der Waals surface area contributed by atoms with Crippen LogP contribution in [0.5, 0.6) is 0 Å². The van der Waals surface area contributed by atoms with Gasteiger partial charge in [-0.1, -0.05) is 25.7 Å². The Hall–Kier alpha value is -0.790. The largest absolute Gasteiger partial charge is 0.497 e. The number of ether oxygens (including phenoxy) is 1. The smallest absolute Gasteiger partial charge is 0.168 e. The van der Waals surface area contributed by atoms with Crippen LogP contribution >= 0.6 is 0 Å². The van der Waals surface area contributed by atoms with Crippen molar-refractivity contribution < 1.29 is 9.53 Å². The lowest BCUT2D eigenvalue weighted by atomic mass is 9.74. The molecule has 0 amide bonds. The van der Waals surface area contributed by atoms with Crippen molar-refractivity contribution in [3.8, 4) is 0 Å². The van der Waals surface area contributed by atoms with Gasteiger partial charge in [0.2, 0.25) is 0 Å². The lowest BCUT2D eigenvalue weighted by Crippen LogP contribution is -2.38. The molecule has 2 atom stereocenters. The maximum Gasteiger partial charge on any atom is 0.168 e. The average molecular weight is 234 g/mol. The van der Waals surface area contributed by atoms with E-state index in [-0.39, 0.29) is 12.0 Å². The Bertz CT molecular complexity index is 326. The van der Waals surface area contributed by atoms with Gasteiger partial charge in [-0.3, -0.25) is 4.79 Å². The van der Waals surface area contributed by atoms with E-state index in [1.807, 2.05) is 6.26 Å². The summed E-state index contributed by atoms with van der Waals surface area (Å²) in [6, 6.07) is 0. The summed E-state index contributed by atoms with van der Waals surface area (Å²) in [5.41, 5.74) is 1.02. The lowest BCUT2D eigenvalue weighted by Gasteiger charge is -2.36. The monoisotopic (exact) mass is 234 g/mol. The third kappa shape index (κ3) is 2.14. The van der Waals surface area contributed by atoms with Gasteiger partial charge in [-0.25, -0.2) is 0 Å². The second-order valence-corrected chi connectivity index (χ2v) is 5.84. The Morgan fingerprint density at radius 2 is 1.65 bits per heavy atom. The number of allylic oxidation sites excluding steroid dienone is 1. The highest BCUT2D eigenvalue weighted by atomic mass is 16.5. The van der Waals surface area contributed by atoms with Gasteiger partial charge in [0.25, 0.3) is 0 Å². The fraction of sp³-hybridized carbons (Fsp3) is 0.800. The van der Waals surface area contributed by atoms with Gasteiger partial charge in [0.15, 0.2) is 5.78 Å². The van der Waals surface area contributed by atoms with Crippen molar-refractivity contribution in [1.82, 2.24) is 0 Å². The van der Waals surface area contributed by atoms with Gasteiger partial charge in [-0.15, -0.1) is 0 Å². The van der Waals surface area contributed by atoms with Crippen LogP contribution in [0.4, 0.5) is 0 Å². The van der Waals surface area contributed by atoms with E-state index in [9.17, 15) is 4.79 Å². The molecule has 2 aliphatic carbocycles. The first kappa shape index (κ1) is 11.3. The van der Waals surface area contributed by atoms with E-state index in [4.69, 9.17) is 4.74 Å². The van der Waals surface area contributed by atoms with Crippen LogP contribution in [0.15, 0.2) is 11.8 Å². The van der Waals surface area contributed by atoms with Crippen LogP contribution in [0.1, 0.15) is 57.8 Å². The molecule has 0 saturated heterocycles. The summed E-state index contributed by atoms with van der Waals surface area (Å²) < 4.78 is 5.84. The summed E-state index contributed by atoms with van der Waals surface area (Å²) in [6.45, 7) is 0. The molecular formula is C15H22O2. The Kier molecular flexibility index (Phi) is 3.21. The zero-order chi connectivity index (χ0) is 11.7. The van der Waals surface area contributed by atoms with Crippen LogP contribution in [0, 0.1) is 11.8 Å². The molecule has 2 heteroatoms. The molecule has 1 heterocycles. The first-order chi connectivity index (χ1) is 8.36. The van der Waals surface area contributed by atoms with Gasteiger partial charge in [0, 0.05) is 5.57 Å². The highest BCUT2D eigenvalue weighted by Crippen LogP contribution is 2.38. The summed E-state index contributed by atoms with van der Waals surface area (Å²) in [7, 11) is 0. The molecule has 17 heavy (non-hydrogen) atoms. The van der Waals surface area contributed by atoms with E-state index in [0.717, 1.165) is 18.4 Å². The predicted molar refractivity (Wildman–Crippen MR) is 66.5 cm³/mol. The first-order valence-corrected chi connectivity index (χ1v) is 7.26. The van der Waals surface area contributed by atoms with Crippen LogP contribution in [-0.4, -0.2) is 11.9 Å². The van der Waals surface area contributed by atoms with Crippen molar-refractivity contribution in [3.05, 3.63) is 11.8 Å². The molecule has 0 aromatic rings. The SMILES string of the molecule is O=C1C(C2CCCCC2)=COC2CCCCC12. The van der Waals surface area contributed by atoms with Crippen LogP contribution in [0.2, 0.25) is 0 Å². The number of ketones is 1. The minimum absolute atomic E-state index is 0.186. The maximum atomic E-state index is 12.5. The molecule has 94 valence electrons. The molecule has 1 aliphatic heterocycles. The quantitative estimate of drug-likeness (QED) is 0.693. The minimum Gasteiger partial charge on any atom is -0.497 e. The van der Waals surface area contributed by atoms with Crippen LogP contribution in [0.25, 0.3) is 0 Å². The fourth-order valence-corrected chi connectivity index (χ4v) is 3.70. The van der Waals surface area contributed by atoms with Crippen LogP contribution in [0.3, 0.4) is 0 Å². The van der Waals surface area contributed by atoms with Crippen LogP contribution < -0.4 is 0 Å². The molecule has 0 aromatic heterocycles. The average Bonchev–Trinajstić information content (AvgIpc) is 2.40. The van der Waals surface area contributed by atoms with E-state index in [0.29, 0.717) is 11.7 Å². The van der Waals surface area contributed by atoms with E-state index < -0.39 is 0 Å². The Labute approximate surface area is 103 Å². The van der Waals surface area contributed by atoms with Crippen LogP contribution in [-0.2, 0) is 9.53 Å². The molecule has 3 aliphatic rings. The first-order valence-electron chi connectivity index (χ1n) is 7.26. The molecule has 2 saturated carbocycles. The zero-order valence-corrected chi connectivity index (χ0v) is 10.5. The third-order valence-corrected chi connectivity index (χ3v) is 4.74. The normalized spacial score (nSPS) is 34.8. The minimum atomic E-state index is 0.186. The molecule has 2 unspecified atom stereocenters. The number of rotatable bonds is 1. The number of hydrogen-bond donors (Lipinski definition) is 0. The van der Waals surface area contributed by atoms with Crippen molar-refractivity contribution in [2.45, 2.75) is 63.9 Å². The van der Waals surface area contributed by atoms with Crippen molar-refractivity contribution in [2.24, 2.45) is 11.8 Å². The van der Waals surface area contributed by atoms with Crippen molar-refractivity contribution >= 4 is 5.78 Å². The molecule has 2 nitrogen and oxygen atoms in total. The Morgan fingerprint density at radius 1 is 0.941 bits per heavy atom. The summed E-state index contributed by atoms with van der Waals surface area (Å²) in [5, 5.41) is 0. The van der Waals surface area contributed by atoms with Gasteiger partial charge < -0.3 is 4.74 Å². The molecule has 0 N–H and O–H groups in total. The van der Waals surface area contributed by atoms with E-state index >= 15 is 0 Å². The van der Waals surface area contributed by atoms with Crippen molar-refractivity contribution in [3.63, 3.8) is 0 Å². The fourth-order valence-electron chi connectivity index (χ4n) is 3.70. The summed E-state index contributed by atoms with van der Waals surface area (Å²) in [6.07, 6.45) is 12.9. The van der Waals surface area contributed by atoms with E-state index in [1.54, 1.807) is 0 Å². The molecule has 0 aromatic carbocycles. The number of hydrogen-bond acceptors (Lipinski definition) is 2. The Balaban J connectivity index is 1.76. The lowest BCUT2D eigenvalue weighted by molar-refractivity contribution is -0.127. The number of fused-ring (bicyclic) bond motifs is 1. The summed E-state index contributed by atoms with van der Waals surface area (Å²) in [4.78, 5) is 12.5. The number of carbonyl (C=O) groups excluding carboxylic acids is 1. The van der Waals surface area contributed by atoms with Gasteiger partial charge >= 0.3 is 0 Å². The van der Waals surface area contributed by atoms with Gasteiger partial charge in [0.1, 0.15) is 6.10 Å². The van der Waals surface area contributed by atoms with E-state index in [1.165, 1.54) is 44.9 Å². The highest BCUT2D eigenvalue weighted by Gasteiger charge is 2.39. The second kappa shape index (κ2) is 4.83. The zero-order valence-electron chi connectivity index (χ0n) is 10.5. The second-order valence-electron chi connectivity index (χ2n) is 5.84. The van der Waals surface area contributed by atoms with Gasteiger partial charge in [-0.2, -0.15) is 0 Å². The molecule has 3 rings (SSSR count). The van der Waals surface area contributed by atoms with Crippen molar-refractivity contribution in [1.29, 1.82) is 0 Å². The molecule has 0 spiro atoms. The highest BCUT2D eigenvalue weighted by molar-refractivity contribution is 5.98. The molecule has 0 bridgehead atoms. The maximum absolute atomic E-state index is 12.5. The topological polar surface area (TPSA) is 26.3 Å². The Morgan fingerprint density at radius 3 is 2.47 bits per heavy atom. The van der Waals surface area contributed by atoms with Gasteiger partial charge in [-0.05, 0) is 38.0 Å². The summed E-state index contributed by atoms with van der Waals surface area (Å²) in [5.74, 6) is 1.11. The number of Topliss-reactive ketones (excluding diaryl/α,β-unsaturated/α-hetero) is 1. The van der Waals surface area contributed by atoms with Crippen molar-refractivity contribution in [2.75, 3.05) is 0 Å². The third-order valence-electron chi connectivity index (χ3n) is 4.74.